The molecule has 0 aliphatic carbocycles. The summed E-state index contributed by atoms with van der Waals surface area (Å²) in [6, 6.07) is 4.31. The average molecular weight is 226 g/mol. The van der Waals surface area contributed by atoms with Crippen molar-refractivity contribution in [3.8, 4) is 11.5 Å². The zero-order chi connectivity index (χ0) is 12.0. The summed E-state index contributed by atoms with van der Waals surface area (Å²) >= 11 is 0. The molecule has 0 heterocycles. The number of rotatable bonds is 6. The van der Waals surface area contributed by atoms with Crippen LogP contribution in [0.1, 0.15) is 6.92 Å². The van der Waals surface area contributed by atoms with Gasteiger partial charge in [-0.3, -0.25) is 10.1 Å². The number of nitro benzene ring substituents is 1. The molecule has 6 heteroatoms. The summed E-state index contributed by atoms with van der Waals surface area (Å²) in [5, 5.41) is 10.7. The SMILES string of the molecule is CCOc1cc(OCCN)cc([N+](=O)[O-])c1. The van der Waals surface area contributed by atoms with Crippen LogP contribution in [0.3, 0.4) is 0 Å². The van der Waals surface area contributed by atoms with Gasteiger partial charge in [-0.05, 0) is 6.92 Å². The van der Waals surface area contributed by atoms with Gasteiger partial charge in [0.1, 0.15) is 18.1 Å². The molecule has 2 N–H and O–H groups in total. The Kier molecular flexibility index (Phi) is 4.53. The Bertz CT molecular complexity index is 368. The molecule has 16 heavy (non-hydrogen) atoms. The smallest absolute Gasteiger partial charge is 0.276 e. The first-order valence-electron chi connectivity index (χ1n) is 4.92. The van der Waals surface area contributed by atoms with E-state index < -0.39 is 4.92 Å². The summed E-state index contributed by atoms with van der Waals surface area (Å²) in [5.41, 5.74) is 5.22. The molecule has 0 aromatic heterocycles. The standard InChI is InChI=1S/C10H14N2O4/c1-2-15-9-5-8(12(13)14)6-10(7-9)16-4-3-11/h5-7H,2-4,11H2,1H3. The van der Waals surface area contributed by atoms with Crippen LogP contribution in [-0.2, 0) is 0 Å². The van der Waals surface area contributed by atoms with E-state index in [9.17, 15) is 10.1 Å². The van der Waals surface area contributed by atoms with Crippen molar-refractivity contribution in [3.05, 3.63) is 28.3 Å². The van der Waals surface area contributed by atoms with E-state index in [0.29, 0.717) is 31.3 Å². The number of nitrogens with two attached hydrogens (primary N) is 1. The van der Waals surface area contributed by atoms with Crippen LogP contribution in [0.25, 0.3) is 0 Å². The maximum atomic E-state index is 10.7. The van der Waals surface area contributed by atoms with Crippen LogP contribution in [0, 0.1) is 10.1 Å². The lowest BCUT2D eigenvalue weighted by molar-refractivity contribution is -0.385. The fraction of sp³-hybridized carbons (Fsp3) is 0.400. The molecule has 0 bridgehead atoms. The van der Waals surface area contributed by atoms with Gasteiger partial charge in [0.2, 0.25) is 0 Å². The van der Waals surface area contributed by atoms with Crippen molar-refractivity contribution in [2.45, 2.75) is 6.92 Å². The predicted octanol–water partition coefficient (Wildman–Crippen LogP) is 1.33. The molecule has 0 fully saturated rings. The summed E-state index contributed by atoms with van der Waals surface area (Å²) in [7, 11) is 0. The van der Waals surface area contributed by atoms with Crippen LogP contribution < -0.4 is 15.2 Å². The lowest BCUT2D eigenvalue weighted by Gasteiger charge is -2.07. The highest BCUT2D eigenvalue weighted by atomic mass is 16.6. The Morgan fingerprint density at radius 2 is 1.94 bits per heavy atom. The van der Waals surface area contributed by atoms with Crippen LogP contribution in [-0.4, -0.2) is 24.7 Å². The summed E-state index contributed by atoms with van der Waals surface area (Å²) in [6.45, 7) is 2.91. The van der Waals surface area contributed by atoms with E-state index in [2.05, 4.69) is 0 Å². The van der Waals surface area contributed by atoms with Gasteiger partial charge < -0.3 is 15.2 Å². The molecular formula is C10H14N2O4. The second kappa shape index (κ2) is 5.92. The van der Waals surface area contributed by atoms with Crippen molar-refractivity contribution in [1.82, 2.24) is 0 Å². The zero-order valence-electron chi connectivity index (χ0n) is 9.01. The van der Waals surface area contributed by atoms with Gasteiger partial charge in [0.15, 0.2) is 0 Å². The highest BCUT2D eigenvalue weighted by Gasteiger charge is 2.11. The van der Waals surface area contributed by atoms with Crippen molar-refractivity contribution < 1.29 is 14.4 Å². The number of non-ortho nitro benzene ring substituents is 1. The maximum Gasteiger partial charge on any atom is 0.276 e. The molecule has 0 aliphatic heterocycles. The highest BCUT2D eigenvalue weighted by molar-refractivity contribution is 5.46. The number of nitro groups is 1. The minimum Gasteiger partial charge on any atom is -0.493 e. The Labute approximate surface area is 93.1 Å². The molecule has 0 spiro atoms. The Morgan fingerprint density at radius 3 is 2.44 bits per heavy atom. The average Bonchev–Trinajstić information content (AvgIpc) is 2.26. The molecule has 1 aromatic carbocycles. The summed E-state index contributed by atoms with van der Waals surface area (Å²) in [4.78, 5) is 10.2. The van der Waals surface area contributed by atoms with Crippen LogP contribution >= 0.6 is 0 Å². The van der Waals surface area contributed by atoms with Gasteiger partial charge in [0, 0.05) is 12.6 Å². The first-order chi connectivity index (χ1) is 7.67. The first kappa shape index (κ1) is 12.3. The van der Waals surface area contributed by atoms with Gasteiger partial charge in [-0.1, -0.05) is 0 Å². The summed E-state index contributed by atoms with van der Waals surface area (Å²) in [6.07, 6.45) is 0. The van der Waals surface area contributed by atoms with E-state index >= 15 is 0 Å². The van der Waals surface area contributed by atoms with Crippen LogP contribution in [0.2, 0.25) is 0 Å². The van der Waals surface area contributed by atoms with Crippen molar-refractivity contribution in [1.29, 1.82) is 0 Å². The summed E-state index contributed by atoms with van der Waals surface area (Å²) < 4.78 is 10.4. The van der Waals surface area contributed by atoms with E-state index in [0.717, 1.165) is 0 Å². The zero-order valence-corrected chi connectivity index (χ0v) is 9.01. The molecule has 0 saturated heterocycles. The number of ether oxygens (including phenoxy) is 2. The quantitative estimate of drug-likeness (QED) is 0.584. The Balaban J connectivity index is 2.93. The second-order valence-electron chi connectivity index (χ2n) is 2.99. The topological polar surface area (TPSA) is 87.6 Å². The van der Waals surface area contributed by atoms with E-state index in [4.69, 9.17) is 15.2 Å². The van der Waals surface area contributed by atoms with E-state index in [1.807, 2.05) is 0 Å². The first-order valence-corrected chi connectivity index (χ1v) is 4.92. The molecular weight excluding hydrogens is 212 g/mol. The number of benzene rings is 1. The van der Waals surface area contributed by atoms with Gasteiger partial charge >= 0.3 is 0 Å². The van der Waals surface area contributed by atoms with Gasteiger partial charge in [0.05, 0.1) is 23.7 Å². The van der Waals surface area contributed by atoms with E-state index in [-0.39, 0.29) is 5.69 Å². The van der Waals surface area contributed by atoms with Gasteiger partial charge in [0.25, 0.3) is 5.69 Å². The molecule has 0 amide bonds. The molecule has 1 aromatic rings. The van der Waals surface area contributed by atoms with Gasteiger partial charge in [-0.15, -0.1) is 0 Å². The molecule has 1 rings (SSSR count). The molecule has 0 radical (unpaired) electrons. The van der Waals surface area contributed by atoms with Crippen LogP contribution in [0.4, 0.5) is 5.69 Å². The van der Waals surface area contributed by atoms with E-state index in [1.165, 1.54) is 12.1 Å². The molecule has 6 nitrogen and oxygen atoms in total. The number of hydrogen-bond acceptors (Lipinski definition) is 5. The molecule has 0 aliphatic rings. The Morgan fingerprint density at radius 1 is 1.31 bits per heavy atom. The molecule has 0 atom stereocenters. The van der Waals surface area contributed by atoms with Crippen molar-refractivity contribution in [2.24, 2.45) is 5.73 Å². The summed E-state index contributed by atoms with van der Waals surface area (Å²) in [5.74, 6) is 0.812. The number of nitrogens with zero attached hydrogens (tertiary/aromatic N) is 1. The van der Waals surface area contributed by atoms with Gasteiger partial charge in [-0.25, -0.2) is 0 Å². The van der Waals surface area contributed by atoms with Crippen molar-refractivity contribution in [2.75, 3.05) is 19.8 Å². The maximum absolute atomic E-state index is 10.7. The fourth-order valence-electron chi connectivity index (χ4n) is 1.17. The lowest BCUT2D eigenvalue weighted by atomic mass is 10.3. The minimum atomic E-state index is -0.488. The lowest BCUT2D eigenvalue weighted by Crippen LogP contribution is -2.10. The highest BCUT2D eigenvalue weighted by Crippen LogP contribution is 2.27. The predicted molar refractivity (Wildman–Crippen MR) is 58.8 cm³/mol. The third-order valence-corrected chi connectivity index (χ3v) is 1.77. The van der Waals surface area contributed by atoms with E-state index in [1.54, 1.807) is 13.0 Å². The van der Waals surface area contributed by atoms with Crippen molar-refractivity contribution in [3.63, 3.8) is 0 Å². The second-order valence-corrected chi connectivity index (χ2v) is 2.99. The third kappa shape index (κ3) is 3.39. The Hall–Kier alpha value is -1.82. The monoisotopic (exact) mass is 226 g/mol. The van der Waals surface area contributed by atoms with Gasteiger partial charge in [-0.2, -0.15) is 0 Å². The minimum absolute atomic E-state index is 0.0574. The van der Waals surface area contributed by atoms with Crippen LogP contribution in [0.5, 0.6) is 11.5 Å². The molecule has 0 saturated carbocycles. The third-order valence-electron chi connectivity index (χ3n) is 1.77. The normalized spacial score (nSPS) is 9.88. The largest absolute Gasteiger partial charge is 0.493 e. The number of hydrogen-bond donors (Lipinski definition) is 1. The van der Waals surface area contributed by atoms with Crippen molar-refractivity contribution >= 4 is 5.69 Å². The molecule has 0 unspecified atom stereocenters. The van der Waals surface area contributed by atoms with Crippen LogP contribution in [0.15, 0.2) is 18.2 Å². The fourth-order valence-corrected chi connectivity index (χ4v) is 1.17. The molecule has 88 valence electrons.